The third-order valence-corrected chi connectivity index (χ3v) is 2.31. The molecule has 0 atom stereocenters. The molecule has 6 heteroatoms. The molecule has 0 unspecified atom stereocenters. The Morgan fingerprint density at radius 3 is 2.58 bits per heavy atom. The number of ketones is 1. The summed E-state index contributed by atoms with van der Waals surface area (Å²) in [5, 5.41) is 12.1. The third kappa shape index (κ3) is 4.45. The maximum atomic E-state index is 11.5. The number of rotatable bonds is 5. The standard InChI is InChI=1S/C13H11ClN2O3/c1-2-19-13(18)12(17)9(7-15)8-16-11-5-3-10(14)4-6-11/h3-6,8,16H,2H2,1H3. The number of hydrogen-bond donors (Lipinski definition) is 1. The first kappa shape index (κ1) is 14.7. The zero-order chi connectivity index (χ0) is 14.3. The predicted octanol–water partition coefficient (Wildman–Crippen LogP) is 2.29. The lowest BCUT2D eigenvalue weighted by Gasteiger charge is -2.02. The lowest BCUT2D eigenvalue weighted by atomic mass is 10.2. The van der Waals surface area contributed by atoms with Gasteiger partial charge in [-0.25, -0.2) is 4.79 Å². The van der Waals surface area contributed by atoms with E-state index in [1.54, 1.807) is 37.3 Å². The lowest BCUT2D eigenvalue weighted by molar-refractivity contribution is -0.151. The van der Waals surface area contributed by atoms with Crippen molar-refractivity contribution in [2.75, 3.05) is 11.9 Å². The highest BCUT2D eigenvalue weighted by Crippen LogP contribution is 2.13. The molecule has 0 heterocycles. The van der Waals surface area contributed by atoms with E-state index in [1.165, 1.54) is 0 Å². The first-order valence-electron chi connectivity index (χ1n) is 5.42. The van der Waals surface area contributed by atoms with Crippen LogP contribution in [0.3, 0.4) is 0 Å². The van der Waals surface area contributed by atoms with Crippen molar-refractivity contribution < 1.29 is 14.3 Å². The van der Waals surface area contributed by atoms with Gasteiger partial charge in [0.1, 0.15) is 11.6 Å². The van der Waals surface area contributed by atoms with Crippen LogP contribution in [-0.2, 0) is 14.3 Å². The molecular formula is C13H11ClN2O3. The number of nitriles is 1. The zero-order valence-corrected chi connectivity index (χ0v) is 10.9. The average Bonchev–Trinajstić information content (AvgIpc) is 2.41. The van der Waals surface area contributed by atoms with Crippen molar-refractivity contribution in [3.63, 3.8) is 0 Å². The highest BCUT2D eigenvalue weighted by molar-refractivity contribution is 6.41. The minimum atomic E-state index is -1.05. The Balaban J connectivity index is 2.78. The van der Waals surface area contributed by atoms with Crippen molar-refractivity contribution in [1.29, 1.82) is 5.26 Å². The van der Waals surface area contributed by atoms with Gasteiger partial charge in [0, 0.05) is 16.9 Å². The summed E-state index contributed by atoms with van der Waals surface area (Å²) in [6.45, 7) is 1.65. The third-order valence-electron chi connectivity index (χ3n) is 2.05. The maximum absolute atomic E-state index is 11.5. The fraction of sp³-hybridized carbons (Fsp3) is 0.154. The number of Topliss-reactive ketones (excluding diaryl/α,β-unsaturated/α-hetero) is 1. The fourth-order valence-corrected chi connectivity index (χ4v) is 1.28. The summed E-state index contributed by atoms with van der Waals surface area (Å²) in [4.78, 5) is 22.7. The molecular weight excluding hydrogens is 268 g/mol. The van der Waals surface area contributed by atoms with Crippen LogP contribution in [0, 0.1) is 11.3 Å². The highest BCUT2D eigenvalue weighted by atomic mass is 35.5. The number of anilines is 1. The smallest absolute Gasteiger partial charge is 0.380 e. The van der Waals surface area contributed by atoms with Crippen molar-refractivity contribution in [3.05, 3.63) is 41.1 Å². The summed E-state index contributed by atoms with van der Waals surface area (Å²) >= 11 is 5.72. The Bertz CT molecular complexity index is 544. The largest absolute Gasteiger partial charge is 0.460 e. The van der Waals surface area contributed by atoms with Gasteiger partial charge in [0.2, 0.25) is 0 Å². The summed E-state index contributed by atoms with van der Waals surface area (Å²) in [6.07, 6.45) is 1.16. The van der Waals surface area contributed by atoms with Crippen LogP contribution >= 0.6 is 11.6 Å². The van der Waals surface area contributed by atoms with E-state index in [1.807, 2.05) is 0 Å². The van der Waals surface area contributed by atoms with Gasteiger partial charge in [0.05, 0.1) is 6.61 Å². The van der Waals surface area contributed by atoms with Crippen LogP contribution in [0.4, 0.5) is 5.69 Å². The maximum Gasteiger partial charge on any atom is 0.380 e. The summed E-state index contributed by atoms with van der Waals surface area (Å²) in [6, 6.07) is 8.28. The number of halogens is 1. The Labute approximate surface area is 115 Å². The zero-order valence-electron chi connectivity index (χ0n) is 10.1. The highest BCUT2D eigenvalue weighted by Gasteiger charge is 2.19. The van der Waals surface area contributed by atoms with Gasteiger partial charge in [-0.05, 0) is 31.2 Å². The molecule has 0 amide bonds. The first-order chi connectivity index (χ1) is 9.08. The fourth-order valence-electron chi connectivity index (χ4n) is 1.16. The lowest BCUT2D eigenvalue weighted by Crippen LogP contribution is -2.19. The molecule has 0 radical (unpaired) electrons. The van der Waals surface area contributed by atoms with Crippen LogP contribution in [0.25, 0.3) is 0 Å². The van der Waals surface area contributed by atoms with E-state index in [4.69, 9.17) is 16.9 Å². The number of ether oxygens (including phenoxy) is 1. The van der Waals surface area contributed by atoms with E-state index in [9.17, 15) is 9.59 Å². The van der Waals surface area contributed by atoms with Crippen LogP contribution < -0.4 is 5.32 Å². The van der Waals surface area contributed by atoms with Crippen molar-refractivity contribution in [1.82, 2.24) is 0 Å². The minimum Gasteiger partial charge on any atom is -0.460 e. The second-order valence-corrected chi connectivity index (χ2v) is 3.81. The molecule has 1 aromatic carbocycles. The van der Waals surface area contributed by atoms with Gasteiger partial charge in [-0.3, -0.25) is 4.79 Å². The summed E-state index contributed by atoms with van der Waals surface area (Å²) < 4.78 is 4.53. The molecule has 1 N–H and O–H groups in total. The molecule has 0 aliphatic heterocycles. The second kappa shape index (κ2) is 7.19. The molecule has 5 nitrogen and oxygen atoms in total. The Kier molecular flexibility index (Phi) is 5.58. The molecule has 0 saturated heterocycles. The molecule has 0 saturated carbocycles. The predicted molar refractivity (Wildman–Crippen MR) is 70.4 cm³/mol. The van der Waals surface area contributed by atoms with Crippen LogP contribution in [0.1, 0.15) is 6.92 Å². The van der Waals surface area contributed by atoms with Crippen molar-refractivity contribution in [2.24, 2.45) is 0 Å². The molecule has 0 spiro atoms. The number of nitrogens with zero attached hydrogens (tertiary/aromatic N) is 1. The van der Waals surface area contributed by atoms with E-state index in [0.29, 0.717) is 10.7 Å². The number of carbonyl (C=O) groups excluding carboxylic acids is 2. The molecule has 0 bridgehead atoms. The number of carbonyl (C=O) groups is 2. The van der Waals surface area contributed by atoms with Gasteiger partial charge < -0.3 is 10.1 Å². The Morgan fingerprint density at radius 2 is 2.05 bits per heavy atom. The molecule has 98 valence electrons. The van der Waals surface area contributed by atoms with Crippen LogP contribution in [0.5, 0.6) is 0 Å². The average molecular weight is 279 g/mol. The van der Waals surface area contributed by atoms with Gasteiger partial charge in [-0.2, -0.15) is 5.26 Å². The van der Waals surface area contributed by atoms with E-state index in [0.717, 1.165) is 6.20 Å². The monoisotopic (exact) mass is 278 g/mol. The van der Waals surface area contributed by atoms with E-state index >= 15 is 0 Å². The van der Waals surface area contributed by atoms with Crippen molar-refractivity contribution in [2.45, 2.75) is 6.92 Å². The number of benzene rings is 1. The summed E-state index contributed by atoms with van der Waals surface area (Å²) in [5.74, 6) is -2.03. The van der Waals surface area contributed by atoms with Gasteiger partial charge in [0.25, 0.3) is 5.78 Å². The minimum absolute atomic E-state index is 0.0773. The molecule has 0 aromatic heterocycles. The first-order valence-corrected chi connectivity index (χ1v) is 5.80. The summed E-state index contributed by atoms with van der Waals surface area (Å²) in [5.41, 5.74) is 0.308. The SMILES string of the molecule is CCOC(=O)C(=O)C(C#N)=CNc1ccc(Cl)cc1. The Morgan fingerprint density at radius 1 is 1.42 bits per heavy atom. The number of hydrogen-bond acceptors (Lipinski definition) is 5. The molecule has 0 aliphatic rings. The molecule has 0 aliphatic carbocycles. The topological polar surface area (TPSA) is 79.2 Å². The summed E-state index contributed by atoms with van der Waals surface area (Å²) in [7, 11) is 0. The van der Waals surface area contributed by atoms with E-state index < -0.39 is 11.8 Å². The van der Waals surface area contributed by atoms with Gasteiger partial charge >= 0.3 is 5.97 Å². The molecule has 1 rings (SSSR count). The van der Waals surface area contributed by atoms with Crippen LogP contribution in [0.2, 0.25) is 5.02 Å². The van der Waals surface area contributed by atoms with Crippen LogP contribution in [0.15, 0.2) is 36.0 Å². The van der Waals surface area contributed by atoms with Gasteiger partial charge in [0.15, 0.2) is 0 Å². The van der Waals surface area contributed by atoms with E-state index in [-0.39, 0.29) is 12.2 Å². The quantitative estimate of drug-likeness (QED) is 0.387. The molecule has 19 heavy (non-hydrogen) atoms. The molecule has 0 fully saturated rings. The number of nitrogens with one attached hydrogen (secondary N) is 1. The van der Waals surface area contributed by atoms with Crippen molar-refractivity contribution in [3.8, 4) is 6.07 Å². The van der Waals surface area contributed by atoms with Gasteiger partial charge in [-0.15, -0.1) is 0 Å². The van der Waals surface area contributed by atoms with Crippen molar-refractivity contribution >= 4 is 29.0 Å². The van der Waals surface area contributed by atoms with E-state index in [2.05, 4.69) is 10.1 Å². The number of esters is 1. The Hall–Kier alpha value is -2.32. The second-order valence-electron chi connectivity index (χ2n) is 3.37. The van der Waals surface area contributed by atoms with Crippen LogP contribution in [-0.4, -0.2) is 18.4 Å². The normalized spacial score (nSPS) is 10.5. The molecule has 1 aromatic rings. The van der Waals surface area contributed by atoms with Gasteiger partial charge in [-0.1, -0.05) is 11.6 Å².